The van der Waals surface area contributed by atoms with E-state index in [2.05, 4.69) is 58.2 Å². The Morgan fingerprint density at radius 1 is 1.00 bits per heavy atom. The highest BCUT2D eigenvalue weighted by Gasteiger charge is 2.17. The molecule has 33 heavy (non-hydrogen) atoms. The van der Waals surface area contributed by atoms with E-state index in [4.69, 9.17) is 11.6 Å². The maximum atomic E-state index is 12.5. The lowest BCUT2D eigenvalue weighted by atomic mass is 10.0. The number of carbonyl (C=O) groups excluding carboxylic acids is 1. The highest BCUT2D eigenvalue weighted by atomic mass is 35.5. The van der Waals surface area contributed by atoms with Gasteiger partial charge in [-0.3, -0.25) is 9.69 Å². The minimum atomic E-state index is -0.234. The molecule has 1 amide bonds. The van der Waals surface area contributed by atoms with E-state index in [9.17, 15) is 4.79 Å². The molecule has 0 bridgehead atoms. The molecule has 0 saturated carbocycles. The summed E-state index contributed by atoms with van der Waals surface area (Å²) in [7, 11) is 0. The Morgan fingerprint density at radius 3 is 2.48 bits per heavy atom. The molecule has 0 radical (unpaired) electrons. The van der Waals surface area contributed by atoms with E-state index in [0.29, 0.717) is 22.2 Å². The minimum Gasteiger partial charge on any atom is -0.355 e. The predicted octanol–water partition coefficient (Wildman–Crippen LogP) is 5.82. The zero-order chi connectivity index (χ0) is 23.2. The molecule has 1 saturated heterocycles. The van der Waals surface area contributed by atoms with Gasteiger partial charge in [0.05, 0.1) is 22.5 Å². The number of amides is 1. The van der Waals surface area contributed by atoms with Crippen molar-refractivity contribution in [2.45, 2.75) is 32.7 Å². The Labute approximate surface area is 201 Å². The van der Waals surface area contributed by atoms with Crippen LogP contribution in [0.3, 0.4) is 0 Å². The van der Waals surface area contributed by atoms with Gasteiger partial charge < -0.3 is 10.2 Å². The molecular weight excluding hydrogens is 432 g/mol. The number of carbonyl (C=O) groups is 1. The van der Waals surface area contributed by atoms with Crippen LogP contribution < -0.4 is 10.2 Å². The third kappa shape index (κ3) is 6.12. The third-order valence-corrected chi connectivity index (χ3v) is 6.42. The summed E-state index contributed by atoms with van der Waals surface area (Å²) in [6, 6.07) is 19.9. The number of aromatic nitrogens is 1. The Morgan fingerprint density at radius 2 is 1.79 bits per heavy atom. The number of nitrogens with zero attached hydrogens (tertiary/aromatic N) is 3. The van der Waals surface area contributed by atoms with Crippen molar-refractivity contribution < 1.29 is 4.79 Å². The first-order valence-corrected chi connectivity index (χ1v) is 12.0. The topological polar surface area (TPSA) is 48.5 Å². The molecule has 1 fully saturated rings. The molecule has 0 unspecified atom stereocenters. The first-order chi connectivity index (χ1) is 16.0. The molecule has 6 heteroatoms. The fourth-order valence-corrected chi connectivity index (χ4v) is 4.34. The lowest BCUT2D eigenvalue weighted by Gasteiger charge is -2.23. The van der Waals surface area contributed by atoms with Crippen LogP contribution in [0.15, 0.2) is 66.9 Å². The van der Waals surface area contributed by atoms with E-state index in [1.807, 2.05) is 12.1 Å². The third-order valence-electron chi connectivity index (χ3n) is 6.09. The van der Waals surface area contributed by atoms with E-state index in [1.165, 1.54) is 11.1 Å². The van der Waals surface area contributed by atoms with Crippen molar-refractivity contribution in [3.8, 4) is 0 Å². The maximum Gasteiger partial charge on any atom is 0.257 e. The summed E-state index contributed by atoms with van der Waals surface area (Å²) in [5.41, 5.74) is 3.86. The van der Waals surface area contributed by atoms with Crippen LogP contribution in [0.1, 0.15) is 47.7 Å². The molecule has 1 aliphatic heterocycles. The van der Waals surface area contributed by atoms with E-state index >= 15 is 0 Å². The molecule has 0 aliphatic carbocycles. The highest BCUT2D eigenvalue weighted by molar-refractivity contribution is 6.34. The van der Waals surface area contributed by atoms with Gasteiger partial charge in [0.25, 0.3) is 5.91 Å². The van der Waals surface area contributed by atoms with Gasteiger partial charge in [-0.1, -0.05) is 61.8 Å². The van der Waals surface area contributed by atoms with Gasteiger partial charge in [-0.05, 0) is 47.7 Å². The smallest absolute Gasteiger partial charge is 0.257 e. The first kappa shape index (κ1) is 23.3. The summed E-state index contributed by atoms with van der Waals surface area (Å²) in [5.74, 6) is 1.27. The van der Waals surface area contributed by atoms with Crippen LogP contribution >= 0.6 is 11.6 Å². The number of halogens is 1. The zero-order valence-corrected chi connectivity index (χ0v) is 20.1. The normalized spacial score (nSPS) is 14.8. The van der Waals surface area contributed by atoms with E-state index in [1.54, 1.807) is 30.5 Å². The SMILES string of the molecule is CC(C)c1ccc(CN2CCCN(c3ccc(NC(=O)c4ccccc4Cl)cn3)CC2)cc1. The van der Waals surface area contributed by atoms with Crippen molar-refractivity contribution in [1.29, 1.82) is 0 Å². The Bertz CT molecular complexity index is 1070. The highest BCUT2D eigenvalue weighted by Crippen LogP contribution is 2.20. The molecule has 2 heterocycles. The van der Waals surface area contributed by atoms with Gasteiger partial charge in [-0.2, -0.15) is 0 Å². The zero-order valence-electron chi connectivity index (χ0n) is 19.3. The van der Waals surface area contributed by atoms with Crippen LogP contribution in [0.5, 0.6) is 0 Å². The lowest BCUT2D eigenvalue weighted by molar-refractivity contribution is 0.102. The number of hydrogen-bond acceptors (Lipinski definition) is 4. The van der Waals surface area contributed by atoms with Crippen LogP contribution in [0, 0.1) is 0 Å². The fraction of sp³-hybridized carbons (Fsp3) is 0.333. The maximum absolute atomic E-state index is 12.5. The second kappa shape index (κ2) is 10.8. The van der Waals surface area contributed by atoms with Gasteiger partial charge >= 0.3 is 0 Å². The molecule has 1 N–H and O–H groups in total. The molecular formula is C27H31ClN4O. The molecule has 1 aromatic heterocycles. The average molecular weight is 463 g/mol. The summed E-state index contributed by atoms with van der Waals surface area (Å²) in [5, 5.41) is 3.31. The van der Waals surface area contributed by atoms with Crippen molar-refractivity contribution in [2.75, 3.05) is 36.4 Å². The molecule has 3 aromatic rings. The number of rotatable bonds is 6. The van der Waals surface area contributed by atoms with Crippen molar-refractivity contribution in [3.05, 3.63) is 88.6 Å². The Hall–Kier alpha value is -2.89. The van der Waals surface area contributed by atoms with E-state index in [-0.39, 0.29) is 5.91 Å². The molecule has 2 aromatic carbocycles. The second-order valence-electron chi connectivity index (χ2n) is 8.85. The molecule has 172 valence electrons. The summed E-state index contributed by atoms with van der Waals surface area (Å²) in [4.78, 5) is 21.9. The standard InChI is InChI=1S/C27H31ClN4O/c1-20(2)22-10-8-21(9-11-22)19-31-14-5-15-32(17-16-31)26-13-12-23(18-29-26)30-27(33)24-6-3-4-7-25(24)28/h3-4,6-13,18,20H,5,14-17,19H2,1-2H3,(H,30,33). The summed E-state index contributed by atoms with van der Waals surface area (Å²) < 4.78 is 0. The molecule has 0 atom stereocenters. The quantitative estimate of drug-likeness (QED) is 0.501. The van der Waals surface area contributed by atoms with Crippen LogP contribution in [-0.4, -0.2) is 42.0 Å². The number of benzene rings is 2. The molecule has 1 aliphatic rings. The van der Waals surface area contributed by atoms with Gasteiger partial charge in [0.2, 0.25) is 0 Å². The number of anilines is 2. The number of pyridine rings is 1. The van der Waals surface area contributed by atoms with Gasteiger partial charge in [0.1, 0.15) is 5.82 Å². The van der Waals surface area contributed by atoms with E-state index < -0.39 is 0 Å². The van der Waals surface area contributed by atoms with Crippen LogP contribution in [0.2, 0.25) is 5.02 Å². The van der Waals surface area contributed by atoms with Gasteiger partial charge in [0, 0.05) is 32.7 Å². The largest absolute Gasteiger partial charge is 0.355 e. The molecule has 0 spiro atoms. The number of hydrogen-bond donors (Lipinski definition) is 1. The first-order valence-electron chi connectivity index (χ1n) is 11.6. The van der Waals surface area contributed by atoms with Gasteiger partial charge in [-0.15, -0.1) is 0 Å². The van der Waals surface area contributed by atoms with Crippen LogP contribution in [-0.2, 0) is 6.54 Å². The summed E-state index contributed by atoms with van der Waals surface area (Å²) in [6.45, 7) is 9.42. The number of nitrogens with one attached hydrogen (secondary N) is 1. The Kier molecular flexibility index (Phi) is 7.63. The van der Waals surface area contributed by atoms with Gasteiger partial charge in [0.15, 0.2) is 0 Å². The minimum absolute atomic E-state index is 0.234. The fourth-order valence-electron chi connectivity index (χ4n) is 4.12. The van der Waals surface area contributed by atoms with Crippen LogP contribution in [0.25, 0.3) is 0 Å². The summed E-state index contributed by atoms with van der Waals surface area (Å²) in [6.07, 6.45) is 2.81. The monoisotopic (exact) mass is 462 g/mol. The van der Waals surface area contributed by atoms with Crippen molar-refractivity contribution in [2.24, 2.45) is 0 Å². The van der Waals surface area contributed by atoms with Crippen molar-refractivity contribution in [3.63, 3.8) is 0 Å². The second-order valence-corrected chi connectivity index (χ2v) is 9.26. The van der Waals surface area contributed by atoms with E-state index in [0.717, 1.165) is 45.0 Å². The molecule has 5 nitrogen and oxygen atoms in total. The summed E-state index contributed by atoms with van der Waals surface area (Å²) >= 11 is 6.12. The average Bonchev–Trinajstić information content (AvgIpc) is 3.06. The Balaban J connectivity index is 1.32. The lowest BCUT2D eigenvalue weighted by Crippen LogP contribution is -2.31. The molecule has 4 rings (SSSR count). The predicted molar refractivity (Wildman–Crippen MR) is 136 cm³/mol. The van der Waals surface area contributed by atoms with Crippen LogP contribution in [0.4, 0.5) is 11.5 Å². The van der Waals surface area contributed by atoms with Crippen molar-refractivity contribution >= 4 is 29.0 Å². The van der Waals surface area contributed by atoms with Crippen molar-refractivity contribution in [1.82, 2.24) is 9.88 Å². The van der Waals surface area contributed by atoms with Gasteiger partial charge in [-0.25, -0.2) is 4.98 Å².